The second-order valence-corrected chi connectivity index (χ2v) is 11.1. The Labute approximate surface area is 186 Å². The van der Waals surface area contributed by atoms with Crippen LogP contribution in [0.5, 0.6) is 0 Å². The summed E-state index contributed by atoms with van der Waals surface area (Å²) in [5.41, 5.74) is 6.15. The molecule has 4 heteroatoms. The summed E-state index contributed by atoms with van der Waals surface area (Å²) in [7, 11) is 0. The van der Waals surface area contributed by atoms with Crippen molar-refractivity contribution in [2.75, 3.05) is 0 Å². The molecule has 1 N–H and O–H groups in total. The summed E-state index contributed by atoms with van der Waals surface area (Å²) in [4.78, 5) is 0. The molecular weight excluding hydrogens is 385 g/mol. The van der Waals surface area contributed by atoms with E-state index in [2.05, 4.69) is 44.3 Å². The average Bonchev–Trinajstić information content (AvgIpc) is 3.38. The summed E-state index contributed by atoms with van der Waals surface area (Å²) in [6.45, 7) is 14.1. The molecule has 1 aromatic heterocycles. The summed E-state index contributed by atoms with van der Waals surface area (Å²) in [5, 5.41) is 8.98. The van der Waals surface area contributed by atoms with Gasteiger partial charge >= 0.3 is 0 Å². The first-order valence-electron chi connectivity index (χ1n) is 12.1. The molecule has 4 unspecified atom stereocenters. The summed E-state index contributed by atoms with van der Waals surface area (Å²) in [5.74, 6) is 1.06. The number of hydrogen-bond donors (Lipinski definition) is 1. The minimum Gasteiger partial charge on any atom is -0.380 e. The molecule has 166 valence electrons. The molecule has 31 heavy (non-hydrogen) atoms. The third-order valence-corrected chi connectivity index (χ3v) is 8.83. The second kappa shape index (κ2) is 7.21. The zero-order chi connectivity index (χ0) is 22.0. The number of nitrogens with zero attached hydrogens (tertiary/aromatic N) is 2. The van der Waals surface area contributed by atoms with Crippen LogP contribution in [-0.2, 0) is 6.42 Å². The Bertz CT molecular complexity index is 997. The largest absolute Gasteiger partial charge is 0.380 e. The van der Waals surface area contributed by atoms with E-state index in [0.29, 0.717) is 17.4 Å². The minimum atomic E-state index is -0.213. The van der Waals surface area contributed by atoms with E-state index < -0.39 is 0 Å². The zero-order valence-corrected chi connectivity index (χ0v) is 19.5. The van der Waals surface area contributed by atoms with E-state index in [-0.39, 0.29) is 11.2 Å². The molecule has 2 aromatic rings. The molecule has 2 bridgehead atoms. The molecule has 0 aliphatic heterocycles. The molecule has 2 fully saturated rings. The van der Waals surface area contributed by atoms with Crippen LogP contribution in [-0.4, -0.2) is 15.8 Å². The Morgan fingerprint density at radius 2 is 1.97 bits per heavy atom. The monoisotopic (exact) mass is 421 g/mol. The summed E-state index contributed by atoms with van der Waals surface area (Å²) in [6, 6.07) is 7.15. The Morgan fingerprint density at radius 1 is 1.23 bits per heavy atom. The second-order valence-electron chi connectivity index (χ2n) is 11.1. The molecule has 0 spiro atoms. The highest BCUT2D eigenvalue weighted by Crippen LogP contribution is 2.62. The van der Waals surface area contributed by atoms with Crippen molar-refractivity contribution in [3.05, 3.63) is 53.6 Å². The lowest BCUT2D eigenvalue weighted by Gasteiger charge is -2.44. The Hall–Kier alpha value is -2.10. The van der Waals surface area contributed by atoms with Gasteiger partial charge in [-0.15, -0.1) is 0 Å². The van der Waals surface area contributed by atoms with Gasteiger partial charge < -0.3 is 5.32 Å². The van der Waals surface area contributed by atoms with E-state index in [1.54, 1.807) is 0 Å². The summed E-state index contributed by atoms with van der Waals surface area (Å²) < 4.78 is 15.6. The van der Waals surface area contributed by atoms with Crippen molar-refractivity contribution in [1.29, 1.82) is 0 Å². The first kappa shape index (κ1) is 20.8. The van der Waals surface area contributed by atoms with Gasteiger partial charge in [0.2, 0.25) is 0 Å². The molecule has 4 atom stereocenters. The summed E-state index contributed by atoms with van der Waals surface area (Å²) >= 11 is 0. The van der Waals surface area contributed by atoms with E-state index in [1.165, 1.54) is 55.5 Å². The fourth-order valence-corrected chi connectivity index (χ4v) is 7.12. The van der Waals surface area contributed by atoms with Crippen molar-refractivity contribution in [2.24, 2.45) is 16.7 Å². The van der Waals surface area contributed by atoms with Gasteiger partial charge in [0.25, 0.3) is 0 Å². The standard InChI is InChI=1S/C27H36FN3/c1-6-18-8-7-9-22-23(30-31(24(18)22)21-12-10-20(28)11-13-21)17(2)29-25-26(3,4)19-14-15-27(25,5)16-19/h10-13,18-19,25,29H,2,6-9,14-16H2,1,3-5H3. The predicted octanol–water partition coefficient (Wildman–Crippen LogP) is 6.62. The molecule has 1 aromatic carbocycles. The van der Waals surface area contributed by atoms with Gasteiger partial charge in [-0.1, -0.05) is 34.3 Å². The highest BCUT2D eigenvalue weighted by molar-refractivity contribution is 5.64. The van der Waals surface area contributed by atoms with E-state index in [0.717, 1.165) is 35.8 Å². The maximum absolute atomic E-state index is 13.6. The van der Waals surface area contributed by atoms with Crippen LogP contribution in [0.25, 0.3) is 11.4 Å². The highest BCUT2D eigenvalue weighted by atomic mass is 19.1. The predicted molar refractivity (Wildman–Crippen MR) is 125 cm³/mol. The zero-order valence-electron chi connectivity index (χ0n) is 19.5. The van der Waals surface area contributed by atoms with Gasteiger partial charge in [0, 0.05) is 17.5 Å². The third kappa shape index (κ3) is 3.16. The van der Waals surface area contributed by atoms with Crippen molar-refractivity contribution >= 4 is 5.70 Å². The molecular formula is C27H36FN3. The number of fused-ring (bicyclic) bond motifs is 3. The van der Waals surface area contributed by atoms with Gasteiger partial charge in [0.15, 0.2) is 0 Å². The molecule has 2 saturated carbocycles. The lowest BCUT2D eigenvalue weighted by Crippen LogP contribution is -2.49. The van der Waals surface area contributed by atoms with Crippen LogP contribution >= 0.6 is 0 Å². The van der Waals surface area contributed by atoms with E-state index in [1.807, 2.05) is 12.1 Å². The summed E-state index contributed by atoms with van der Waals surface area (Å²) in [6.07, 6.45) is 8.46. The first-order chi connectivity index (χ1) is 14.7. The van der Waals surface area contributed by atoms with Gasteiger partial charge in [-0.2, -0.15) is 5.10 Å². The van der Waals surface area contributed by atoms with Crippen molar-refractivity contribution < 1.29 is 4.39 Å². The average molecular weight is 422 g/mol. The number of halogens is 1. The molecule has 3 aliphatic carbocycles. The van der Waals surface area contributed by atoms with E-state index >= 15 is 0 Å². The molecule has 0 amide bonds. The SMILES string of the molecule is C=C(NC1C2(C)CCC(C2)C1(C)C)c1nn(-c2ccc(F)cc2)c2c1CCCC2CC. The van der Waals surface area contributed by atoms with Crippen LogP contribution in [0.1, 0.15) is 89.1 Å². The number of rotatable bonds is 5. The minimum absolute atomic E-state index is 0.213. The van der Waals surface area contributed by atoms with Crippen LogP contribution in [0.15, 0.2) is 30.8 Å². The molecule has 5 rings (SSSR count). The quantitative estimate of drug-likeness (QED) is 0.588. The fraction of sp³-hybridized carbons (Fsp3) is 0.593. The number of nitrogens with one attached hydrogen (secondary N) is 1. The van der Waals surface area contributed by atoms with Crippen LogP contribution in [0.2, 0.25) is 0 Å². The maximum atomic E-state index is 13.6. The van der Waals surface area contributed by atoms with Gasteiger partial charge in [0.05, 0.1) is 17.1 Å². The van der Waals surface area contributed by atoms with Gasteiger partial charge in [-0.3, -0.25) is 0 Å². The normalized spacial score (nSPS) is 30.9. The highest BCUT2D eigenvalue weighted by Gasteiger charge is 2.59. The Morgan fingerprint density at radius 3 is 2.61 bits per heavy atom. The third-order valence-electron chi connectivity index (χ3n) is 8.83. The van der Waals surface area contributed by atoms with Crippen LogP contribution in [0, 0.1) is 22.6 Å². The van der Waals surface area contributed by atoms with E-state index in [4.69, 9.17) is 5.10 Å². The Kier molecular flexibility index (Phi) is 4.84. The van der Waals surface area contributed by atoms with Gasteiger partial charge in [0.1, 0.15) is 11.5 Å². The molecule has 0 radical (unpaired) electrons. The topological polar surface area (TPSA) is 29.9 Å². The Balaban J connectivity index is 1.54. The lowest BCUT2D eigenvalue weighted by molar-refractivity contribution is 0.123. The lowest BCUT2D eigenvalue weighted by atomic mass is 9.68. The smallest absolute Gasteiger partial charge is 0.123 e. The molecule has 1 heterocycles. The number of benzene rings is 1. The molecule has 0 saturated heterocycles. The number of hydrogen-bond acceptors (Lipinski definition) is 2. The van der Waals surface area contributed by atoms with E-state index in [9.17, 15) is 4.39 Å². The van der Waals surface area contributed by atoms with Gasteiger partial charge in [-0.25, -0.2) is 9.07 Å². The van der Waals surface area contributed by atoms with Crippen LogP contribution in [0.3, 0.4) is 0 Å². The van der Waals surface area contributed by atoms with Crippen molar-refractivity contribution in [1.82, 2.24) is 15.1 Å². The first-order valence-corrected chi connectivity index (χ1v) is 12.1. The van der Waals surface area contributed by atoms with Crippen molar-refractivity contribution in [2.45, 2.75) is 84.6 Å². The molecule has 3 nitrogen and oxygen atoms in total. The fourth-order valence-electron chi connectivity index (χ4n) is 7.12. The van der Waals surface area contributed by atoms with Crippen LogP contribution < -0.4 is 5.32 Å². The number of aromatic nitrogens is 2. The van der Waals surface area contributed by atoms with Crippen molar-refractivity contribution in [3.63, 3.8) is 0 Å². The van der Waals surface area contributed by atoms with Crippen molar-refractivity contribution in [3.8, 4) is 5.69 Å². The van der Waals surface area contributed by atoms with Gasteiger partial charge in [-0.05, 0) is 86.0 Å². The molecule has 3 aliphatic rings. The maximum Gasteiger partial charge on any atom is 0.123 e. The van der Waals surface area contributed by atoms with Crippen LogP contribution in [0.4, 0.5) is 4.39 Å².